The molecule has 0 bridgehead atoms. The summed E-state index contributed by atoms with van der Waals surface area (Å²) in [6.07, 6.45) is 1.15. The number of phenolic OH excluding ortho intramolecular Hbond substituents is 1. The summed E-state index contributed by atoms with van der Waals surface area (Å²) in [4.78, 5) is 11.8. The van der Waals surface area contributed by atoms with E-state index in [1.165, 1.54) is 25.1 Å². The molecule has 0 atom stereocenters. The van der Waals surface area contributed by atoms with E-state index >= 15 is 0 Å². The maximum absolute atomic E-state index is 11.8. The number of rotatable bonds is 2. The van der Waals surface area contributed by atoms with Crippen LogP contribution in [-0.2, 0) is 0 Å². The molecule has 0 aromatic heterocycles. The van der Waals surface area contributed by atoms with Crippen molar-refractivity contribution < 1.29 is 9.90 Å². The Hall–Kier alpha value is -0.410. The number of phenols is 1. The van der Waals surface area contributed by atoms with Crippen LogP contribution < -0.4 is 0 Å². The van der Waals surface area contributed by atoms with E-state index in [4.69, 9.17) is 46.4 Å². The number of carbonyl (C=O) groups is 1. The number of ketones is 1. The van der Waals surface area contributed by atoms with E-state index in [0.29, 0.717) is 5.02 Å². The first-order valence-corrected chi connectivity index (χ1v) is 6.01. The second kappa shape index (κ2) is 5.49. The molecule has 0 aliphatic carbocycles. The fourth-order valence-electron chi connectivity index (χ4n) is 1.06. The van der Waals surface area contributed by atoms with Crippen molar-refractivity contribution in [3.05, 3.63) is 40.4 Å². The van der Waals surface area contributed by atoms with Crippen molar-refractivity contribution in [1.82, 2.24) is 0 Å². The van der Waals surface area contributed by atoms with Crippen LogP contribution >= 0.6 is 46.4 Å². The van der Waals surface area contributed by atoms with Gasteiger partial charge in [0.25, 0.3) is 0 Å². The zero-order valence-corrected chi connectivity index (χ0v) is 11.7. The van der Waals surface area contributed by atoms with Gasteiger partial charge in [-0.3, -0.25) is 4.79 Å². The van der Waals surface area contributed by atoms with Gasteiger partial charge in [-0.2, -0.15) is 0 Å². The van der Waals surface area contributed by atoms with E-state index < -0.39 is 9.58 Å². The molecule has 1 N–H and O–H groups in total. The Morgan fingerprint density at radius 2 is 1.94 bits per heavy atom. The molecular weight excluding hydrogens is 306 g/mol. The lowest BCUT2D eigenvalue weighted by atomic mass is 10.1. The summed E-state index contributed by atoms with van der Waals surface area (Å²) in [6.45, 7) is 1.51. The summed E-state index contributed by atoms with van der Waals surface area (Å²) in [5, 5.41) is 9.85. The average Bonchev–Trinajstić information content (AvgIpc) is 2.20. The number of alkyl halides is 3. The summed E-state index contributed by atoms with van der Waals surface area (Å²) >= 11 is 22.5. The van der Waals surface area contributed by atoms with E-state index in [2.05, 4.69) is 0 Å². The smallest absolute Gasteiger partial charge is 0.212 e. The molecule has 0 aliphatic rings. The maximum Gasteiger partial charge on any atom is 0.212 e. The van der Waals surface area contributed by atoms with Gasteiger partial charge in [-0.05, 0) is 36.8 Å². The molecule has 0 aliphatic heterocycles. The highest BCUT2D eigenvalue weighted by Gasteiger charge is 2.23. The van der Waals surface area contributed by atoms with E-state index in [1.807, 2.05) is 0 Å². The largest absolute Gasteiger partial charge is 0.507 e. The average molecular weight is 314 g/mol. The maximum atomic E-state index is 11.8. The molecule has 1 aromatic carbocycles. The highest BCUT2D eigenvalue weighted by atomic mass is 35.6. The Morgan fingerprint density at radius 3 is 2.47 bits per heavy atom. The van der Waals surface area contributed by atoms with Gasteiger partial charge in [-0.1, -0.05) is 46.4 Å². The van der Waals surface area contributed by atoms with Gasteiger partial charge in [0, 0.05) is 5.02 Å². The summed E-state index contributed by atoms with van der Waals surface area (Å²) in [7, 11) is 0. The van der Waals surface area contributed by atoms with Crippen molar-refractivity contribution in [2.24, 2.45) is 0 Å². The van der Waals surface area contributed by atoms with Gasteiger partial charge in [-0.25, -0.2) is 0 Å². The second-order valence-electron chi connectivity index (χ2n) is 3.35. The van der Waals surface area contributed by atoms with Gasteiger partial charge in [0.15, 0.2) is 5.78 Å². The Kier molecular flexibility index (Phi) is 4.73. The fraction of sp³-hybridized carbons (Fsp3) is 0.182. The van der Waals surface area contributed by atoms with Crippen LogP contribution in [0.3, 0.4) is 0 Å². The molecule has 0 unspecified atom stereocenters. The van der Waals surface area contributed by atoms with Crippen LogP contribution in [0.25, 0.3) is 0 Å². The summed E-state index contributed by atoms with van der Waals surface area (Å²) < 4.78 is -1.65. The molecular formula is C11H8Cl4O2. The molecule has 0 fully saturated rings. The summed E-state index contributed by atoms with van der Waals surface area (Å²) in [6, 6.07) is 4.15. The van der Waals surface area contributed by atoms with Crippen LogP contribution in [0.15, 0.2) is 29.8 Å². The minimum Gasteiger partial charge on any atom is -0.507 e. The van der Waals surface area contributed by atoms with Crippen LogP contribution in [-0.4, -0.2) is 14.7 Å². The second-order valence-corrected chi connectivity index (χ2v) is 6.07. The van der Waals surface area contributed by atoms with Gasteiger partial charge in [-0.15, -0.1) is 0 Å². The monoisotopic (exact) mass is 312 g/mol. The third kappa shape index (κ3) is 4.07. The minimum atomic E-state index is -1.65. The summed E-state index contributed by atoms with van der Waals surface area (Å²) in [5.74, 6) is -0.651. The number of aromatic hydroxyl groups is 1. The third-order valence-corrected chi connectivity index (χ3v) is 3.15. The quantitative estimate of drug-likeness (QED) is 0.494. The van der Waals surface area contributed by atoms with Crippen molar-refractivity contribution in [3.8, 4) is 5.75 Å². The number of hydrogen-bond donors (Lipinski definition) is 1. The first kappa shape index (κ1) is 14.7. The number of benzene rings is 1. The van der Waals surface area contributed by atoms with Gasteiger partial charge in [0.2, 0.25) is 3.79 Å². The molecule has 92 valence electrons. The Bertz CT molecular complexity index is 475. The molecule has 2 nitrogen and oxygen atoms in total. The van der Waals surface area contributed by atoms with Crippen LogP contribution in [0.1, 0.15) is 17.3 Å². The SMILES string of the molecule is C/C(=C\C(=O)c1cc(Cl)ccc1O)C(Cl)(Cl)Cl. The Labute approximate surface area is 119 Å². The number of halogens is 4. The van der Waals surface area contributed by atoms with E-state index in [9.17, 15) is 9.90 Å². The number of hydrogen-bond acceptors (Lipinski definition) is 2. The van der Waals surface area contributed by atoms with E-state index in [1.54, 1.807) is 0 Å². The topological polar surface area (TPSA) is 37.3 Å². The van der Waals surface area contributed by atoms with Gasteiger partial charge in [0.05, 0.1) is 5.56 Å². The number of allylic oxidation sites excluding steroid dienone is 2. The van der Waals surface area contributed by atoms with Crippen LogP contribution in [0.4, 0.5) is 0 Å². The standard InChI is InChI=1S/C11H8Cl4O2/c1-6(11(13,14)15)4-10(17)8-5-7(12)2-3-9(8)16/h2-5,16H,1H3/b6-4+. The lowest BCUT2D eigenvalue weighted by Gasteiger charge is -2.11. The molecule has 6 heteroatoms. The molecule has 1 aromatic rings. The first-order valence-electron chi connectivity index (χ1n) is 4.50. The van der Waals surface area contributed by atoms with Gasteiger partial charge in [0.1, 0.15) is 5.75 Å². The lowest BCUT2D eigenvalue weighted by Crippen LogP contribution is -2.07. The molecule has 0 heterocycles. The molecule has 0 spiro atoms. The zero-order valence-electron chi connectivity index (χ0n) is 8.68. The Balaban J connectivity index is 3.10. The predicted molar refractivity (Wildman–Crippen MR) is 71.5 cm³/mol. The normalized spacial score (nSPS) is 12.6. The first-order chi connectivity index (χ1) is 7.71. The molecule has 0 radical (unpaired) electrons. The van der Waals surface area contributed by atoms with Crippen molar-refractivity contribution in [2.75, 3.05) is 0 Å². The molecule has 0 saturated carbocycles. The van der Waals surface area contributed by atoms with E-state index in [0.717, 1.165) is 6.08 Å². The zero-order chi connectivity index (χ0) is 13.2. The Morgan fingerprint density at radius 1 is 1.35 bits per heavy atom. The van der Waals surface area contributed by atoms with Crippen molar-refractivity contribution in [3.63, 3.8) is 0 Å². The highest BCUT2D eigenvalue weighted by molar-refractivity contribution is 6.69. The number of carbonyl (C=O) groups excluding carboxylic acids is 1. The van der Waals surface area contributed by atoms with Crippen molar-refractivity contribution >= 4 is 52.2 Å². The van der Waals surface area contributed by atoms with Crippen LogP contribution in [0.5, 0.6) is 5.75 Å². The van der Waals surface area contributed by atoms with E-state index in [-0.39, 0.29) is 16.9 Å². The lowest BCUT2D eigenvalue weighted by molar-refractivity contribution is 0.104. The minimum absolute atomic E-state index is 0.0612. The molecule has 0 amide bonds. The fourth-order valence-corrected chi connectivity index (χ4v) is 1.40. The van der Waals surface area contributed by atoms with Crippen LogP contribution in [0, 0.1) is 0 Å². The molecule has 17 heavy (non-hydrogen) atoms. The van der Waals surface area contributed by atoms with Crippen molar-refractivity contribution in [1.29, 1.82) is 0 Å². The predicted octanol–water partition coefficient (Wildman–Crippen LogP) is 4.54. The highest BCUT2D eigenvalue weighted by Crippen LogP contribution is 2.34. The van der Waals surface area contributed by atoms with Gasteiger partial charge >= 0.3 is 0 Å². The van der Waals surface area contributed by atoms with Crippen LogP contribution in [0.2, 0.25) is 5.02 Å². The third-order valence-electron chi connectivity index (χ3n) is 2.02. The van der Waals surface area contributed by atoms with Gasteiger partial charge < -0.3 is 5.11 Å². The summed E-state index contributed by atoms with van der Waals surface area (Å²) in [5.41, 5.74) is 0.318. The molecule has 1 rings (SSSR count). The van der Waals surface area contributed by atoms with Crippen molar-refractivity contribution in [2.45, 2.75) is 10.7 Å². The molecule has 0 saturated heterocycles.